The van der Waals surface area contributed by atoms with Crippen LogP contribution in [0.25, 0.3) is 93.5 Å². The molecule has 45 heavy (non-hydrogen) atoms. The summed E-state index contributed by atoms with van der Waals surface area (Å²) in [5.41, 5.74) is 10.0. The molecule has 7 aromatic carbocycles. The molecular formula is C42H25N3. The maximum atomic E-state index is 5.19. The maximum Gasteiger partial charge on any atom is 0.160 e. The predicted octanol–water partition coefficient (Wildman–Crippen LogP) is 10.9. The van der Waals surface area contributed by atoms with Gasteiger partial charge in [0.1, 0.15) is 0 Å². The molecule has 0 atom stereocenters. The van der Waals surface area contributed by atoms with E-state index in [0.717, 1.165) is 39.1 Å². The molecule has 10 rings (SSSR count). The highest BCUT2D eigenvalue weighted by Gasteiger charge is 2.20. The highest BCUT2D eigenvalue weighted by molar-refractivity contribution is 6.28. The molecule has 3 nitrogen and oxygen atoms in total. The van der Waals surface area contributed by atoms with Crippen LogP contribution >= 0.6 is 0 Å². The van der Waals surface area contributed by atoms with Crippen LogP contribution in [-0.4, -0.2) is 14.4 Å². The van der Waals surface area contributed by atoms with Crippen molar-refractivity contribution in [2.45, 2.75) is 0 Å². The summed E-state index contributed by atoms with van der Waals surface area (Å²) >= 11 is 0. The molecule has 0 aliphatic carbocycles. The van der Waals surface area contributed by atoms with Crippen molar-refractivity contribution in [2.75, 3.05) is 0 Å². The summed E-state index contributed by atoms with van der Waals surface area (Å²) < 4.78 is 2.47. The van der Waals surface area contributed by atoms with Crippen LogP contribution in [0.15, 0.2) is 152 Å². The van der Waals surface area contributed by atoms with E-state index in [1.165, 1.54) is 54.5 Å². The van der Waals surface area contributed by atoms with Crippen molar-refractivity contribution in [3.05, 3.63) is 152 Å². The average molecular weight is 572 g/mol. The molecule has 3 heterocycles. The van der Waals surface area contributed by atoms with Gasteiger partial charge in [-0.15, -0.1) is 0 Å². The molecule has 0 bridgehead atoms. The number of para-hydroxylation sites is 1. The Labute approximate surface area is 259 Å². The summed E-state index contributed by atoms with van der Waals surface area (Å²) in [6.07, 6.45) is 0. The van der Waals surface area contributed by atoms with E-state index in [1.54, 1.807) is 0 Å². The highest BCUT2D eigenvalue weighted by Crippen LogP contribution is 2.43. The van der Waals surface area contributed by atoms with Crippen molar-refractivity contribution in [1.82, 2.24) is 14.4 Å². The molecule has 0 aliphatic rings. The third kappa shape index (κ3) is 3.52. The second-order valence-corrected chi connectivity index (χ2v) is 11.8. The lowest BCUT2D eigenvalue weighted by Gasteiger charge is -2.14. The lowest BCUT2D eigenvalue weighted by molar-refractivity contribution is 1.23. The number of benzene rings is 7. The molecule has 0 fully saturated rings. The molecule has 0 amide bonds. The molecule has 0 saturated carbocycles. The average Bonchev–Trinajstić information content (AvgIpc) is 3.46. The Hall–Kier alpha value is -6.06. The summed E-state index contributed by atoms with van der Waals surface area (Å²) in [5, 5.41) is 8.64. The van der Waals surface area contributed by atoms with Crippen LogP contribution in [-0.2, 0) is 0 Å². The fourth-order valence-electron chi connectivity index (χ4n) is 7.27. The number of aromatic nitrogens is 3. The number of rotatable bonds is 3. The van der Waals surface area contributed by atoms with Gasteiger partial charge in [-0.05, 0) is 46.2 Å². The molecule has 208 valence electrons. The van der Waals surface area contributed by atoms with Gasteiger partial charge in [-0.1, -0.05) is 127 Å². The van der Waals surface area contributed by atoms with E-state index in [9.17, 15) is 0 Å². The van der Waals surface area contributed by atoms with Gasteiger partial charge in [-0.3, -0.25) is 0 Å². The Kier molecular flexibility index (Phi) is 5.00. The number of nitrogens with zero attached hydrogens (tertiary/aromatic N) is 3. The zero-order chi connectivity index (χ0) is 29.5. The van der Waals surface area contributed by atoms with Crippen LogP contribution in [0.1, 0.15) is 0 Å². The molecule has 0 saturated heterocycles. The largest absolute Gasteiger partial charge is 0.308 e. The zero-order valence-electron chi connectivity index (χ0n) is 24.3. The van der Waals surface area contributed by atoms with Crippen molar-refractivity contribution in [2.24, 2.45) is 0 Å². The molecule has 0 radical (unpaired) electrons. The molecule has 0 N–H and O–H groups in total. The van der Waals surface area contributed by atoms with Gasteiger partial charge in [0, 0.05) is 38.1 Å². The zero-order valence-corrected chi connectivity index (χ0v) is 24.3. The predicted molar refractivity (Wildman–Crippen MR) is 188 cm³/mol. The topological polar surface area (TPSA) is 30.2 Å². The van der Waals surface area contributed by atoms with E-state index in [0.29, 0.717) is 0 Å². The summed E-state index contributed by atoms with van der Waals surface area (Å²) in [4.78, 5) is 10.3. The van der Waals surface area contributed by atoms with E-state index in [-0.39, 0.29) is 0 Å². The van der Waals surface area contributed by atoms with Crippen LogP contribution < -0.4 is 0 Å². The van der Waals surface area contributed by atoms with E-state index in [1.807, 2.05) is 12.1 Å². The highest BCUT2D eigenvalue weighted by atomic mass is 14.9. The lowest BCUT2D eigenvalue weighted by atomic mass is 9.96. The van der Waals surface area contributed by atoms with Crippen molar-refractivity contribution < 1.29 is 0 Å². The summed E-state index contributed by atoms with van der Waals surface area (Å²) in [6, 6.07) is 54.2. The third-order valence-electron chi connectivity index (χ3n) is 9.31. The fourth-order valence-corrected chi connectivity index (χ4v) is 7.27. The van der Waals surface area contributed by atoms with Gasteiger partial charge in [0.2, 0.25) is 0 Å². The monoisotopic (exact) mass is 571 g/mol. The molecule has 3 aromatic heterocycles. The van der Waals surface area contributed by atoms with Gasteiger partial charge in [-0.25, -0.2) is 9.97 Å². The normalized spacial score (nSPS) is 12.0. The number of pyridine rings is 1. The van der Waals surface area contributed by atoms with E-state index >= 15 is 0 Å². The van der Waals surface area contributed by atoms with Gasteiger partial charge in [0.05, 0.1) is 27.8 Å². The minimum absolute atomic E-state index is 0.730. The Bertz CT molecular complexity index is 2740. The smallest absolute Gasteiger partial charge is 0.160 e. The number of fused-ring (bicyclic) bond motifs is 7. The molecule has 0 unspecified atom stereocenters. The number of hydrogen-bond donors (Lipinski definition) is 0. The molecule has 0 aliphatic heterocycles. The quantitative estimate of drug-likeness (QED) is 0.156. The van der Waals surface area contributed by atoms with E-state index in [2.05, 4.69) is 144 Å². The third-order valence-corrected chi connectivity index (χ3v) is 9.31. The van der Waals surface area contributed by atoms with Gasteiger partial charge in [0.15, 0.2) is 5.82 Å². The fraction of sp³-hybridized carbons (Fsp3) is 0. The van der Waals surface area contributed by atoms with Gasteiger partial charge >= 0.3 is 0 Å². The Balaban J connectivity index is 1.30. The Morgan fingerprint density at radius 3 is 2.00 bits per heavy atom. The first-order valence-corrected chi connectivity index (χ1v) is 15.3. The maximum absolute atomic E-state index is 5.19. The first-order valence-electron chi connectivity index (χ1n) is 15.3. The minimum Gasteiger partial charge on any atom is -0.308 e. The van der Waals surface area contributed by atoms with E-state index in [4.69, 9.17) is 9.97 Å². The van der Waals surface area contributed by atoms with Crippen LogP contribution in [0.2, 0.25) is 0 Å². The second-order valence-electron chi connectivity index (χ2n) is 11.8. The van der Waals surface area contributed by atoms with Crippen LogP contribution in [0.5, 0.6) is 0 Å². The van der Waals surface area contributed by atoms with Gasteiger partial charge in [0.25, 0.3) is 0 Å². The molecule has 3 heteroatoms. The molecular weight excluding hydrogens is 546 g/mol. The van der Waals surface area contributed by atoms with Crippen molar-refractivity contribution in [1.29, 1.82) is 0 Å². The first-order chi connectivity index (χ1) is 22.3. The van der Waals surface area contributed by atoms with E-state index < -0.39 is 0 Å². The van der Waals surface area contributed by atoms with Gasteiger partial charge < -0.3 is 4.40 Å². The van der Waals surface area contributed by atoms with Crippen LogP contribution in [0, 0.1) is 0 Å². The van der Waals surface area contributed by atoms with Crippen molar-refractivity contribution >= 4 is 59.8 Å². The summed E-state index contributed by atoms with van der Waals surface area (Å²) in [6.45, 7) is 0. The standard InChI is InChI=1S/C42H25N3/c1-3-10-26(11-4-1)29-20-23-37-35(24-29)32-16-9-14-27-18-22-33-31-21-19-30(25-38(31)45(37)41(33)39(27)32)42-43-36-17-8-7-15-34(36)40(44-42)28-12-5-2-6-13-28/h1-25H. The summed E-state index contributed by atoms with van der Waals surface area (Å²) in [7, 11) is 0. The van der Waals surface area contributed by atoms with Crippen LogP contribution in [0.4, 0.5) is 0 Å². The molecule has 10 aromatic rings. The first kappa shape index (κ1) is 24.4. The number of hydrogen-bond acceptors (Lipinski definition) is 2. The lowest BCUT2D eigenvalue weighted by Crippen LogP contribution is -1.96. The molecule has 0 spiro atoms. The van der Waals surface area contributed by atoms with Crippen LogP contribution in [0.3, 0.4) is 0 Å². The SMILES string of the molecule is c1ccc(-c2ccc3c(c2)c2cccc4ccc5c6ccc(-c7nc(-c8ccccc8)c8ccccc8n7)cc6n3c5c42)cc1. The Morgan fingerprint density at radius 1 is 0.400 bits per heavy atom. The second kappa shape index (κ2) is 9.22. The van der Waals surface area contributed by atoms with Gasteiger partial charge in [-0.2, -0.15) is 0 Å². The minimum atomic E-state index is 0.730. The Morgan fingerprint density at radius 2 is 1.13 bits per heavy atom. The summed E-state index contributed by atoms with van der Waals surface area (Å²) in [5.74, 6) is 0.730. The van der Waals surface area contributed by atoms with Crippen molar-refractivity contribution in [3.63, 3.8) is 0 Å². The van der Waals surface area contributed by atoms with Crippen molar-refractivity contribution in [3.8, 4) is 33.8 Å².